The van der Waals surface area contributed by atoms with Gasteiger partial charge in [-0.1, -0.05) is 17.7 Å². The van der Waals surface area contributed by atoms with E-state index in [1.54, 1.807) is 31.4 Å². The molecule has 2 aromatic carbocycles. The van der Waals surface area contributed by atoms with Gasteiger partial charge in [-0.2, -0.15) is 0 Å². The molecule has 1 saturated heterocycles. The molecule has 10 heteroatoms. The summed E-state index contributed by atoms with van der Waals surface area (Å²) in [5.74, 6) is -0.478. The summed E-state index contributed by atoms with van der Waals surface area (Å²) in [6, 6.07) is 15.9. The molecule has 0 spiro atoms. The summed E-state index contributed by atoms with van der Waals surface area (Å²) in [7, 11) is 1.70. The van der Waals surface area contributed by atoms with Crippen molar-refractivity contribution >= 4 is 23.3 Å². The molecule has 1 N–H and O–H groups in total. The predicted molar refractivity (Wildman–Crippen MR) is 152 cm³/mol. The number of carboxylic acids is 1. The van der Waals surface area contributed by atoms with Crippen molar-refractivity contribution in [3.8, 4) is 5.88 Å². The van der Waals surface area contributed by atoms with Crippen LogP contribution in [-0.4, -0.2) is 60.9 Å². The number of aromatic carboxylic acids is 1. The van der Waals surface area contributed by atoms with E-state index < -0.39 is 5.97 Å². The molecule has 7 nitrogen and oxygen atoms in total. The van der Waals surface area contributed by atoms with Crippen LogP contribution in [0.4, 0.5) is 10.1 Å². The standard InChI is InChI=1S/C31H33ClFIN3O4/c1-40-15-3-12-37-25(18-34-27-9-7-22(31(38)39)16-29(27)37)19-36-13-10-21(11-14-36)28-4-2-5-30(35-28)41-20-23-6-8-24(32)17-26(23)33/h2,4-9,16-18,21H,3,10-15,19-20H2,1H3,(H,38,39)/q-1. The van der Waals surface area contributed by atoms with Crippen molar-refractivity contribution < 1.29 is 45.0 Å². The first-order chi connectivity index (χ1) is 19.9. The van der Waals surface area contributed by atoms with Gasteiger partial charge in [-0.25, -0.2) is 4.39 Å². The average molecular weight is 693 g/mol. The number of hydrogen-bond acceptors (Lipinski definition) is 6. The molecular formula is C31H33ClFIN3O4-. The van der Waals surface area contributed by atoms with Gasteiger partial charge in [0.2, 0.25) is 0 Å². The van der Waals surface area contributed by atoms with Crippen LogP contribution in [0, 0.1) is 9.39 Å². The summed E-state index contributed by atoms with van der Waals surface area (Å²) in [6.45, 7) is 4.25. The molecular weight excluding hydrogens is 660 g/mol. The number of halogens is 3. The maximum absolute atomic E-state index is 14.1. The molecule has 41 heavy (non-hydrogen) atoms. The first kappa shape index (κ1) is 29.8. The van der Waals surface area contributed by atoms with E-state index in [9.17, 15) is 14.3 Å². The van der Waals surface area contributed by atoms with Crippen molar-refractivity contribution in [3.63, 3.8) is 0 Å². The Balaban J connectivity index is 1.20. The zero-order valence-corrected chi connectivity index (χ0v) is 25.8. The van der Waals surface area contributed by atoms with Crippen LogP contribution in [0.25, 0.3) is 0 Å². The van der Waals surface area contributed by atoms with Crippen molar-refractivity contribution in [3.05, 3.63) is 95.6 Å². The van der Waals surface area contributed by atoms with E-state index >= 15 is 0 Å². The Labute approximate surface area is 255 Å². The predicted octanol–water partition coefficient (Wildman–Crippen LogP) is 2.99. The molecule has 0 saturated carbocycles. The molecule has 0 bridgehead atoms. The SMILES string of the molecule is COCCCN1C(CN2CCC(c3cccc(OCc4ccc(Cl)cc4F)n3)CC2)=C[I-]c2ccc(C(=O)O)cc21. The third-order valence-corrected chi connectivity index (χ3v) is 10.2. The van der Waals surface area contributed by atoms with Crippen molar-refractivity contribution in [2.75, 3.05) is 44.8 Å². The summed E-state index contributed by atoms with van der Waals surface area (Å²) < 4.78 is 28.9. The zero-order chi connectivity index (χ0) is 28.8. The third-order valence-electron chi connectivity index (χ3n) is 7.39. The quantitative estimate of drug-likeness (QED) is 0.245. The number of piperidine rings is 1. The number of pyridine rings is 1. The number of carboxylic acid groups (broad SMARTS) is 1. The second-order valence-corrected chi connectivity index (χ2v) is 13.0. The number of fused-ring (bicyclic) bond motifs is 1. The normalized spacial score (nSPS) is 16.1. The molecule has 218 valence electrons. The fourth-order valence-electron chi connectivity index (χ4n) is 5.18. The topological polar surface area (TPSA) is 75.1 Å². The number of benzene rings is 2. The Kier molecular flexibility index (Phi) is 10.1. The van der Waals surface area contributed by atoms with Crippen molar-refractivity contribution in [2.45, 2.75) is 31.8 Å². The number of rotatable bonds is 11. The van der Waals surface area contributed by atoms with Gasteiger partial charge >= 0.3 is 206 Å². The van der Waals surface area contributed by atoms with Crippen molar-refractivity contribution in [1.29, 1.82) is 0 Å². The maximum atomic E-state index is 14.1. The number of hydrogen-bond donors (Lipinski definition) is 1. The number of ether oxygens (including phenoxy) is 2. The second kappa shape index (κ2) is 14.0. The monoisotopic (exact) mass is 692 g/mol. The first-order valence-corrected chi connectivity index (χ1v) is 16.3. The Morgan fingerprint density at radius 3 is 2.76 bits per heavy atom. The van der Waals surface area contributed by atoms with E-state index in [-0.39, 0.29) is 33.6 Å². The van der Waals surface area contributed by atoms with Gasteiger partial charge < -0.3 is 0 Å². The van der Waals surface area contributed by atoms with E-state index in [0.29, 0.717) is 34.6 Å². The molecule has 0 aliphatic carbocycles. The number of methoxy groups -OCH3 is 1. The summed E-state index contributed by atoms with van der Waals surface area (Å²) in [6.07, 6.45) is 2.82. The molecule has 5 rings (SSSR count). The van der Waals surface area contributed by atoms with Gasteiger partial charge in [0.05, 0.1) is 0 Å². The molecule has 3 heterocycles. The second-order valence-electron chi connectivity index (χ2n) is 10.2. The molecule has 0 radical (unpaired) electrons. The number of aromatic nitrogens is 1. The summed E-state index contributed by atoms with van der Waals surface area (Å²) in [5.41, 5.74) is 4.04. The fourth-order valence-corrected chi connectivity index (χ4v) is 7.72. The Bertz CT molecular complexity index is 1410. The van der Waals surface area contributed by atoms with Crippen LogP contribution >= 0.6 is 11.6 Å². The van der Waals surface area contributed by atoms with Crippen LogP contribution in [0.1, 0.15) is 46.8 Å². The van der Waals surface area contributed by atoms with Gasteiger partial charge in [-0.3, -0.25) is 0 Å². The molecule has 0 amide bonds. The molecule has 0 atom stereocenters. The molecule has 1 aromatic heterocycles. The number of carbonyl (C=O) groups is 1. The van der Waals surface area contributed by atoms with E-state index in [1.165, 1.54) is 15.3 Å². The Morgan fingerprint density at radius 2 is 2.00 bits per heavy atom. The van der Waals surface area contributed by atoms with E-state index in [1.807, 2.05) is 24.3 Å². The summed E-state index contributed by atoms with van der Waals surface area (Å²) >= 11 is 5.51. The Hall–Kier alpha value is -2.73. The van der Waals surface area contributed by atoms with Crippen LogP contribution in [0.5, 0.6) is 5.88 Å². The van der Waals surface area contributed by atoms with E-state index in [4.69, 9.17) is 26.1 Å². The van der Waals surface area contributed by atoms with E-state index in [2.05, 4.69) is 13.9 Å². The van der Waals surface area contributed by atoms with Crippen LogP contribution in [0.15, 0.2) is 64.4 Å². The minimum absolute atomic E-state index is 0.0909. The molecule has 0 unspecified atom stereocenters. The minimum atomic E-state index is -0.902. The van der Waals surface area contributed by atoms with Gasteiger partial charge in [0, 0.05) is 10.6 Å². The van der Waals surface area contributed by atoms with Gasteiger partial charge in [0.1, 0.15) is 5.82 Å². The molecule has 1 fully saturated rings. The van der Waals surface area contributed by atoms with Crippen LogP contribution in [0.2, 0.25) is 5.02 Å². The van der Waals surface area contributed by atoms with Crippen molar-refractivity contribution in [1.82, 2.24) is 9.88 Å². The van der Waals surface area contributed by atoms with Gasteiger partial charge in [0.25, 0.3) is 0 Å². The van der Waals surface area contributed by atoms with Crippen LogP contribution < -0.4 is 30.8 Å². The number of nitrogens with zero attached hydrogens (tertiary/aromatic N) is 3. The van der Waals surface area contributed by atoms with Gasteiger partial charge in [0.15, 0.2) is 0 Å². The molecule has 2 aliphatic rings. The van der Waals surface area contributed by atoms with E-state index in [0.717, 1.165) is 56.8 Å². The third kappa shape index (κ3) is 7.57. The van der Waals surface area contributed by atoms with Crippen LogP contribution in [-0.2, 0) is 11.3 Å². The fraction of sp³-hybridized carbons (Fsp3) is 0.355. The summed E-state index contributed by atoms with van der Waals surface area (Å²) in [4.78, 5) is 21.2. The Morgan fingerprint density at radius 1 is 1.17 bits per heavy atom. The number of likely N-dealkylation sites (tertiary alicyclic amines) is 1. The first-order valence-electron chi connectivity index (χ1n) is 13.6. The van der Waals surface area contributed by atoms with Gasteiger partial charge in [-0.15, -0.1) is 0 Å². The molecule has 3 aromatic rings. The van der Waals surface area contributed by atoms with Gasteiger partial charge in [-0.05, 0) is 12.1 Å². The number of anilines is 1. The zero-order valence-electron chi connectivity index (χ0n) is 22.9. The summed E-state index contributed by atoms with van der Waals surface area (Å²) in [5, 5.41) is 9.92. The van der Waals surface area contributed by atoms with Crippen LogP contribution in [0.3, 0.4) is 0 Å². The average Bonchev–Trinajstić information content (AvgIpc) is 2.98. The van der Waals surface area contributed by atoms with Crippen molar-refractivity contribution in [2.24, 2.45) is 0 Å². The molecule has 2 aliphatic heterocycles.